The number of benzene rings is 1. The molecule has 0 saturated carbocycles. The van der Waals surface area contributed by atoms with E-state index in [9.17, 15) is 0 Å². The van der Waals surface area contributed by atoms with Gasteiger partial charge in [-0.1, -0.05) is 17.7 Å². The summed E-state index contributed by atoms with van der Waals surface area (Å²) in [6.45, 7) is 4.16. The monoisotopic (exact) mass is 262 g/mol. The quantitative estimate of drug-likeness (QED) is 0.658. The first kappa shape index (κ1) is 13.1. The maximum absolute atomic E-state index is 5.72. The third-order valence-electron chi connectivity index (χ3n) is 2.91. The van der Waals surface area contributed by atoms with Crippen LogP contribution in [-0.4, -0.2) is 7.11 Å². The highest BCUT2D eigenvalue weighted by Gasteiger charge is 2.18. The van der Waals surface area contributed by atoms with Crippen LogP contribution < -0.4 is 16.0 Å². The number of ether oxygens (including phenoxy) is 1. The number of hydrogen-bond acceptors (Lipinski definition) is 4. The SMILES string of the molecule is COc1ccc(C)cc1C(NN)c1ccc(C)s1. The molecule has 3 N–H and O–H groups in total. The van der Waals surface area contributed by atoms with Crippen molar-refractivity contribution in [1.82, 2.24) is 5.43 Å². The van der Waals surface area contributed by atoms with Gasteiger partial charge in [0.2, 0.25) is 0 Å². The van der Waals surface area contributed by atoms with Crippen LogP contribution in [-0.2, 0) is 0 Å². The standard InChI is InChI=1S/C14H18N2OS/c1-9-4-6-12(17-3)11(8-9)14(16-15)13-7-5-10(2)18-13/h4-8,14,16H,15H2,1-3H3. The van der Waals surface area contributed by atoms with Gasteiger partial charge in [-0.15, -0.1) is 11.3 Å². The zero-order valence-electron chi connectivity index (χ0n) is 10.9. The average Bonchev–Trinajstić information content (AvgIpc) is 2.77. The number of hydrogen-bond donors (Lipinski definition) is 2. The largest absolute Gasteiger partial charge is 0.496 e. The molecule has 2 aromatic rings. The molecule has 0 aliphatic carbocycles. The van der Waals surface area contributed by atoms with Crippen LogP contribution in [0.15, 0.2) is 30.3 Å². The molecule has 0 bridgehead atoms. The van der Waals surface area contributed by atoms with Crippen molar-refractivity contribution in [2.45, 2.75) is 19.9 Å². The summed E-state index contributed by atoms with van der Waals surface area (Å²) in [6.07, 6.45) is 0. The van der Waals surface area contributed by atoms with Crippen molar-refractivity contribution >= 4 is 11.3 Å². The molecular weight excluding hydrogens is 244 g/mol. The zero-order valence-corrected chi connectivity index (χ0v) is 11.7. The first-order chi connectivity index (χ1) is 8.65. The summed E-state index contributed by atoms with van der Waals surface area (Å²) < 4.78 is 5.42. The van der Waals surface area contributed by atoms with Crippen molar-refractivity contribution in [2.24, 2.45) is 5.84 Å². The number of aryl methyl sites for hydroxylation is 2. The fourth-order valence-electron chi connectivity index (χ4n) is 2.01. The smallest absolute Gasteiger partial charge is 0.124 e. The molecule has 1 aromatic carbocycles. The Balaban J connectivity index is 2.47. The van der Waals surface area contributed by atoms with E-state index in [0.29, 0.717) is 0 Å². The molecule has 0 aliphatic rings. The molecular formula is C14H18N2OS. The van der Waals surface area contributed by atoms with E-state index < -0.39 is 0 Å². The van der Waals surface area contributed by atoms with Crippen LogP contribution in [0.2, 0.25) is 0 Å². The molecule has 96 valence electrons. The van der Waals surface area contributed by atoms with Gasteiger partial charge in [0.1, 0.15) is 5.75 Å². The van der Waals surface area contributed by atoms with Crippen LogP contribution >= 0.6 is 11.3 Å². The second-order valence-corrected chi connectivity index (χ2v) is 5.61. The molecule has 0 amide bonds. The molecule has 1 unspecified atom stereocenters. The van der Waals surface area contributed by atoms with Crippen molar-refractivity contribution in [3.63, 3.8) is 0 Å². The van der Waals surface area contributed by atoms with Crippen LogP contribution in [0.25, 0.3) is 0 Å². The van der Waals surface area contributed by atoms with E-state index in [-0.39, 0.29) is 6.04 Å². The van der Waals surface area contributed by atoms with Gasteiger partial charge in [0.15, 0.2) is 0 Å². The predicted octanol–water partition coefficient (Wildman–Crippen LogP) is 2.93. The van der Waals surface area contributed by atoms with Crippen molar-refractivity contribution in [1.29, 1.82) is 0 Å². The van der Waals surface area contributed by atoms with Crippen molar-refractivity contribution in [3.8, 4) is 5.75 Å². The van der Waals surface area contributed by atoms with Crippen molar-refractivity contribution < 1.29 is 4.74 Å². The molecule has 1 heterocycles. The van der Waals surface area contributed by atoms with E-state index in [1.54, 1.807) is 18.4 Å². The van der Waals surface area contributed by atoms with Gasteiger partial charge in [-0.2, -0.15) is 0 Å². The Kier molecular flexibility index (Phi) is 4.01. The maximum atomic E-state index is 5.72. The fraction of sp³-hybridized carbons (Fsp3) is 0.286. The van der Waals surface area contributed by atoms with Crippen molar-refractivity contribution in [2.75, 3.05) is 7.11 Å². The molecule has 0 fully saturated rings. The third-order valence-corrected chi connectivity index (χ3v) is 3.97. The van der Waals surface area contributed by atoms with E-state index >= 15 is 0 Å². The van der Waals surface area contributed by atoms with Crippen LogP contribution in [0, 0.1) is 13.8 Å². The Morgan fingerprint density at radius 1 is 1.22 bits per heavy atom. The van der Waals surface area contributed by atoms with Crippen LogP contribution in [0.4, 0.5) is 0 Å². The van der Waals surface area contributed by atoms with E-state index in [4.69, 9.17) is 10.6 Å². The first-order valence-electron chi connectivity index (χ1n) is 5.82. The third kappa shape index (κ3) is 2.56. The first-order valence-corrected chi connectivity index (χ1v) is 6.64. The molecule has 18 heavy (non-hydrogen) atoms. The zero-order chi connectivity index (χ0) is 13.1. The molecule has 0 aliphatic heterocycles. The molecule has 1 aromatic heterocycles. The summed E-state index contributed by atoms with van der Waals surface area (Å²) in [5, 5.41) is 0. The lowest BCUT2D eigenvalue weighted by Crippen LogP contribution is -2.28. The highest BCUT2D eigenvalue weighted by molar-refractivity contribution is 7.12. The summed E-state index contributed by atoms with van der Waals surface area (Å²) >= 11 is 1.74. The van der Waals surface area contributed by atoms with Gasteiger partial charge in [-0.05, 0) is 32.0 Å². The predicted molar refractivity (Wildman–Crippen MR) is 76.0 cm³/mol. The summed E-state index contributed by atoms with van der Waals surface area (Å²) in [7, 11) is 1.68. The second kappa shape index (κ2) is 5.52. The topological polar surface area (TPSA) is 47.3 Å². The lowest BCUT2D eigenvalue weighted by atomic mass is 10.0. The molecule has 0 spiro atoms. The molecule has 3 nitrogen and oxygen atoms in total. The Morgan fingerprint density at radius 3 is 2.56 bits per heavy atom. The minimum absolute atomic E-state index is 0.0291. The number of hydrazine groups is 1. The van der Waals surface area contributed by atoms with E-state index in [1.165, 1.54) is 15.3 Å². The molecule has 0 saturated heterocycles. The van der Waals surface area contributed by atoms with Gasteiger partial charge in [0, 0.05) is 15.3 Å². The molecule has 0 radical (unpaired) electrons. The minimum Gasteiger partial charge on any atom is -0.496 e. The van der Waals surface area contributed by atoms with E-state index in [1.807, 2.05) is 12.1 Å². The molecule has 2 rings (SSSR count). The number of rotatable bonds is 4. The number of nitrogens with two attached hydrogens (primary N) is 1. The maximum Gasteiger partial charge on any atom is 0.124 e. The Bertz CT molecular complexity index is 536. The molecule has 4 heteroatoms. The van der Waals surface area contributed by atoms with E-state index in [2.05, 4.69) is 37.5 Å². The van der Waals surface area contributed by atoms with Gasteiger partial charge < -0.3 is 4.74 Å². The van der Waals surface area contributed by atoms with E-state index in [0.717, 1.165) is 11.3 Å². The highest BCUT2D eigenvalue weighted by atomic mass is 32.1. The lowest BCUT2D eigenvalue weighted by Gasteiger charge is -2.18. The highest BCUT2D eigenvalue weighted by Crippen LogP contribution is 2.33. The Hall–Kier alpha value is -1.36. The lowest BCUT2D eigenvalue weighted by molar-refractivity contribution is 0.404. The Morgan fingerprint density at radius 2 is 2.00 bits per heavy atom. The summed E-state index contributed by atoms with van der Waals surface area (Å²) in [5.41, 5.74) is 5.15. The number of nitrogens with one attached hydrogen (secondary N) is 1. The van der Waals surface area contributed by atoms with Gasteiger partial charge in [0.25, 0.3) is 0 Å². The molecule has 1 atom stereocenters. The summed E-state index contributed by atoms with van der Waals surface area (Å²) in [5.74, 6) is 6.58. The van der Waals surface area contributed by atoms with Crippen LogP contribution in [0.1, 0.15) is 26.9 Å². The Labute approximate surface area is 112 Å². The average molecular weight is 262 g/mol. The van der Waals surface area contributed by atoms with Gasteiger partial charge in [-0.3, -0.25) is 5.84 Å². The summed E-state index contributed by atoms with van der Waals surface area (Å²) in [6, 6.07) is 10.3. The van der Waals surface area contributed by atoms with Crippen molar-refractivity contribution in [3.05, 3.63) is 51.2 Å². The fourth-order valence-corrected chi connectivity index (χ4v) is 2.97. The normalized spacial score (nSPS) is 12.4. The number of methoxy groups -OCH3 is 1. The minimum atomic E-state index is -0.0291. The second-order valence-electron chi connectivity index (χ2n) is 4.29. The van der Waals surface area contributed by atoms with Crippen LogP contribution in [0.5, 0.6) is 5.75 Å². The number of thiophene rings is 1. The van der Waals surface area contributed by atoms with Crippen LogP contribution in [0.3, 0.4) is 0 Å². The van der Waals surface area contributed by atoms with Gasteiger partial charge in [0.05, 0.1) is 13.2 Å². The summed E-state index contributed by atoms with van der Waals surface area (Å²) in [4.78, 5) is 2.47. The van der Waals surface area contributed by atoms with Gasteiger partial charge in [-0.25, -0.2) is 5.43 Å². The van der Waals surface area contributed by atoms with Gasteiger partial charge >= 0.3 is 0 Å².